The number of hydrogen-bond acceptors (Lipinski definition) is 13. The maximum atomic E-state index is 13.8. The molecule has 2 fully saturated rings. The summed E-state index contributed by atoms with van der Waals surface area (Å²) < 4.78 is 20.7. The molecule has 77 heavy (non-hydrogen) atoms. The molecule has 0 spiro atoms. The van der Waals surface area contributed by atoms with Gasteiger partial charge in [0, 0.05) is 107 Å². The Bertz CT molecular complexity index is 2690. The number of aliphatic hydroxyl groups is 4. The second-order valence-electron chi connectivity index (χ2n) is 22.7. The quantitative estimate of drug-likeness (QED) is 0.0297. The molecule has 17 nitrogen and oxygen atoms in total. The van der Waals surface area contributed by atoms with E-state index in [0.717, 1.165) is 61.3 Å². The highest BCUT2D eigenvalue weighted by atomic mass is 16.5. The van der Waals surface area contributed by atoms with E-state index < -0.39 is 58.9 Å². The van der Waals surface area contributed by atoms with Crippen molar-refractivity contribution in [3.05, 3.63) is 152 Å². The Hall–Kier alpha value is -5.92. The van der Waals surface area contributed by atoms with Crippen molar-refractivity contribution in [3.63, 3.8) is 0 Å². The average Bonchev–Trinajstić information content (AvgIpc) is 4.05. The van der Waals surface area contributed by atoms with Gasteiger partial charge in [0.2, 0.25) is 0 Å². The van der Waals surface area contributed by atoms with Gasteiger partial charge in [0.25, 0.3) is 11.1 Å². The number of aromatic amines is 2. The Balaban J connectivity index is 0.760. The fourth-order valence-electron chi connectivity index (χ4n) is 11.0. The summed E-state index contributed by atoms with van der Waals surface area (Å²) in [7, 11) is 0. The topological polar surface area (TPSA) is 216 Å². The second-order valence-corrected chi connectivity index (χ2v) is 22.7. The molecule has 416 valence electrons. The van der Waals surface area contributed by atoms with Crippen LogP contribution in [0.15, 0.2) is 107 Å². The predicted molar refractivity (Wildman–Crippen MR) is 300 cm³/mol. The van der Waals surface area contributed by atoms with Crippen LogP contribution < -0.4 is 20.9 Å². The molecule has 0 amide bonds. The number of aliphatic hydroxyl groups excluding tert-OH is 4. The van der Waals surface area contributed by atoms with Crippen LogP contribution in [0.25, 0.3) is 11.6 Å². The molecule has 2 saturated carbocycles. The molecule has 0 aliphatic heterocycles. The molecule has 0 saturated heterocycles. The molecule has 4 aromatic heterocycles. The van der Waals surface area contributed by atoms with Gasteiger partial charge < -0.3 is 44.4 Å². The van der Waals surface area contributed by atoms with Gasteiger partial charge in [-0.3, -0.25) is 19.8 Å². The maximum absolute atomic E-state index is 13.8. The molecule has 0 bridgehead atoms. The number of unbranched alkanes of at least 4 members (excludes halogenated alkanes) is 2. The summed E-state index contributed by atoms with van der Waals surface area (Å²) in [6.07, 6.45) is 3.59. The van der Waals surface area contributed by atoms with Crippen molar-refractivity contribution in [2.24, 2.45) is 0 Å². The first-order valence-corrected chi connectivity index (χ1v) is 27.6. The average molecular weight is 1060 g/mol. The number of nitrogens with one attached hydrogen (secondary N) is 2. The van der Waals surface area contributed by atoms with E-state index in [1.165, 1.54) is 9.36 Å². The fraction of sp³-hybridized carbons (Fsp3) is 0.533. The summed E-state index contributed by atoms with van der Waals surface area (Å²) in [4.78, 5) is 41.0. The summed E-state index contributed by atoms with van der Waals surface area (Å²) in [6, 6.07) is 26.7. The molecular formula is C60H82N8O9. The number of aromatic nitrogens is 6. The highest BCUT2D eigenvalue weighted by Crippen LogP contribution is 2.51. The third-order valence-electron chi connectivity index (χ3n) is 15.3. The van der Waals surface area contributed by atoms with Gasteiger partial charge in [0.05, 0.1) is 64.1 Å². The molecule has 4 atom stereocenters. The third-order valence-corrected chi connectivity index (χ3v) is 15.3. The molecule has 0 radical (unpaired) electrons. The summed E-state index contributed by atoms with van der Waals surface area (Å²) in [5.74, 6) is -1.66. The van der Waals surface area contributed by atoms with Crippen LogP contribution in [0.1, 0.15) is 138 Å². The van der Waals surface area contributed by atoms with Gasteiger partial charge in [0.15, 0.2) is 11.6 Å². The van der Waals surface area contributed by atoms with Crippen LogP contribution in [0, 0.1) is 0 Å². The van der Waals surface area contributed by atoms with Crippen LogP contribution in [0.4, 0.5) is 11.4 Å². The van der Waals surface area contributed by atoms with Crippen LogP contribution in [-0.4, -0.2) is 140 Å². The molecule has 8 rings (SSSR count). The number of hydrogen-bond donors (Lipinski definition) is 6. The Morgan fingerprint density at radius 2 is 0.844 bits per heavy atom. The first-order valence-electron chi connectivity index (χ1n) is 27.6. The van der Waals surface area contributed by atoms with E-state index in [4.69, 9.17) is 14.2 Å². The lowest BCUT2D eigenvalue weighted by atomic mass is 9.62. The zero-order valence-electron chi connectivity index (χ0n) is 46.3. The summed E-state index contributed by atoms with van der Waals surface area (Å²) in [5, 5.41) is 52.8. The van der Waals surface area contributed by atoms with E-state index in [2.05, 4.69) is 43.8 Å². The van der Waals surface area contributed by atoms with Crippen LogP contribution in [0.5, 0.6) is 0 Å². The van der Waals surface area contributed by atoms with E-state index in [1.807, 2.05) is 102 Å². The Morgan fingerprint density at radius 3 is 1.16 bits per heavy atom. The van der Waals surface area contributed by atoms with Gasteiger partial charge >= 0.3 is 0 Å². The SMILES string of the molecule is CCCCN(CCOCCOCCOCCN(CCCC)c1ccc(C2C(O)C(c3c(C(C)(C)C)[nH]n(-c4ccccn4)c3=O)C2O)cc1)c1ccc(C2C(O)C(c3c(C(C)(C)C)[nH]n(-c4ccccn4)c3=O)C2O)cc1. The van der Waals surface area contributed by atoms with E-state index in [1.54, 1.807) is 36.7 Å². The monoisotopic (exact) mass is 1060 g/mol. The van der Waals surface area contributed by atoms with Crippen LogP contribution in [-0.2, 0) is 25.0 Å². The van der Waals surface area contributed by atoms with E-state index in [9.17, 15) is 30.0 Å². The molecule has 6 N–H and O–H groups in total. The molecule has 4 heterocycles. The Labute approximate surface area is 452 Å². The standard InChI is InChI=1S/C60H82N8O9/c1-9-11-29-65(41-23-19-39(20-24-41)45-51(69)47(52(45)70)49-55(59(3,4)5)63-67(57(49)73)43-17-13-15-27-61-43)31-33-75-35-37-77-38-36-76-34-32-66(30-12-10-2)42-25-21-40(22-26-42)46-53(71)48(54(46)72)50-56(60(6,7)8)64-68(58(50)74)44-18-14-16-28-62-44/h13-28,45-48,51-54,63-64,69-72H,9-12,29-38H2,1-8H3. The first kappa shape index (κ1) is 57.3. The second kappa shape index (κ2) is 25.3. The number of benzene rings is 2. The van der Waals surface area contributed by atoms with E-state index in [0.29, 0.717) is 86.9 Å². The minimum absolute atomic E-state index is 0.314. The zero-order chi connectivity index (χ0) is 55.0. The Morgan fingerprint density at radius 1 is 0.494 bits per heavy atom. The highest BCUT2D eigenvalue weighted by molar-refractivity contribution is 5.51. The summed E-state index contributed by atoms with van der Waals surface area (Å²) in [5.41, 5.74) is 4.32. The van der Waals surface area contributed by atoms with E-state index in [-0.39, 0.29) is 11.1 Å². The molecule has 2 aliphatic carbocycles. The molecule has 6 aromatic rings. The number of anilines is 2. The minimum atomic E-state index is -0.945. The number of nitrogens with zero attached hydrogens (tertiary/aromatic N) is 6. The molecule has 2 aromatic carbocycles. The summed E-state index contributed by atoms with van der Waals surface area (Å²) in [6.45, 7) is 22.3. The van der Waals surface area contributed by atoms with Crippen LogP contribution >= 0.6 is 0 Å². The van der Waals surface area contributed by atoms with Crippen LogP contribution in [0.2, 0.25) is 0 Å². The van der Waals surface area contributed by atoms with Crippen molar-refractivity contribution in [3.8, 4) is 11.6 Å². The van der Waals surface area contributed by atoms with Gasteiger partial charge in [-0.05, 0) is 72.5 Å². The third kappa shape index (κ3) is 12.7. The zero-order valence-corrected chi connectivity index (χ0v) is 46.3. The lowest BCUT2D eigenvalue weighted by Gasteiger charge is -2.47. The number of rotatable bonds is 26. The number of pyridine rings is 2. The highest BCUT2D eigenvalue weighted by Gasteiger charge is 2.54. The van der Waals surface area contributed by atoms with Crippen molar-refractivity contribution in [1.29, 1.82) is 0 Å². The van der Waals surface area contributed by atoms with Crippen molar-refractivity contribution in [2.75, 3.05) is 75.6 Å². The van der Waals surface area contributed by atoms with Crippen molar-refractivity contribution in [1.82, 2.24) is 29.5 Å². The van der Waals surface area contributed by atoms with Gasteiger partial charge in [-0.1, -0.05) is 105 Å². The number of H-pyrrole nitrogens is 2. The fourth-order valence-corrected chi connectivity index (χ4v) is 11.0. The van der Waals surface area contributed by atoms with Crippen molar-refractivity contribution >= 4 is 11.4 Å². The molecular weight excluding hydrogens is 977 g/mol. The molecule has 17 heteroatoms. The first-order chi connectivity index (χ1) is 37.0. The van der Waals surface area contributed by atoms with Gasteiger partial charge in [-0.2, -0.15) is 0 Å². The predicted octanol–water partition coefficient (Wildman–Crippen LogP) is 7.20. The Kier molecular flexibility index (Phi) is 18.8. The normalized spacial score (nSPS) is 21.5. The van der Waals surface area contributed by atoms with Gasteiger partial charge in [0.1, 0.15) is 0 Å². The maximum Gasteiger partial charge on any atom is 0.276 e. The molecule has 2 aliphatic rings. The summed E-state index contributed by atoms with van der Waals surface area (Å²) >= 11 is 0. The van der Waals surface area contributed by atoms with Crippen LogP contribution in [0.3, 0.4) is 0 Å². The smallest absolute Gasteiger partial charge is 0.276 e. The van der Waals surface area contributed by atoms with Gasteiger partial charge in [-0.15, -0.1) is 0 Å². The van der Waals surface area contributed by atoms with Gasteiger partial charge in [-0.25, -0.2) is 19.3 Å². The molecule has 4 unspecified atom stereocenters. The number of ether oxygens (including phenoxy) is 3. The lowest BCUT2D eigenvalue weighted by Crippen LogP contribution is -2.53. The van der Waals surface area contributed by atoms with E-state index >= 15 is 0 Å². The lowest BCUT2D eigenvalue weighted by molar-refractivity contribution is -0.0797. The van der Waals surface area contributed by atoms with Crippen molar-refractivity contribution in [2.45, 2.75) is 140 Å². The minimum Gasteiger partial charge on any atom is -0.392 e. The largest absolute Gasteiger partial charge is 0.392 e. The van der Waals surface area contributed by atoms with Crippen molar-refractivity contribution < 1.29 is 34.6 Å².